The van der Waals surface area contributed by atoms with Crippen molar-refractivity contribution in [1.82, 2.24) is 0 Å². The summed E-state index contributed by atoms with van der Waals surface area (Å²) in [6, 6.07) is 12.1. The maximum atomic E-state index is 12.3. The van der Waals surface area contributed by atoms with Crippen LogP contribution in [0.1, 0.15) is 22.3 Å². The second-order valence-electron chi connectivity index (χ2n) is 5.85. The van der Waals surface area contributed by atoms with Crippen molar-refractivity contribution < 1.29 is 28.5 Å². The van der Waals surface area contributed by atoms with E-state index in [1.807, 2.05) is 12.1 Å². The van der Waals surface area contributed by atoms with E-state index in [0.29, 0.717) is 30.3 Å². The number of rotatable bonds is 6. The molecule has 0 saturated carbocycles. The van der Waals surface area contributed by atoms with E-state index in [9.17, 15) is 9.59 Å². The van der Waals surface area contributed by atoms with E-state index in [1.165, 1.54) is 6.08 Å². The molecule has 0 spiro atoms. The molecule has 0 atom stereocenters. The van der Waals surface area contributed by atoms with Gasteiger partial charge in [0.2, 0.25) is 0 Å². The van der Waals surface area contributed by atoms with Crippen LogP contribution in [-0.4, -0.2) is 38.7 Å². The van der Waals surface area contributed by atoms with E-state index in [0.717, 1.165) is 17.7 Å². The number of esters is 1. The quantitative estimate of drug-likeness (QED) is 0.443. The number of fused-ring (bicyclic) bond motifs is 1. The summed E-state index contributed by atoms with van der Waals surface area (Å²) in [5, 5.41) is 0. The van der Waals surface area contributed by atoms with E-state index >= 15 is 0 Å². The molecular formula is C21H20O6. The summed E-state index contributed by atoms with van der Waals surface area (Å²) in [5.41, 5.74) is 1.23. The third-order valence-electron chi connectivity index (χ3n) is 3.94. The lowest BCUT2D eigenvalue weighted by Crippen LogP contribution is -2.12. The molecule has 0 N–H and O–H groups in total. The monoisotopic (exact) mass is 368 g/mol. The van der Waals surface area contributed by atoms with E-state index in [1.54, 1.807) is 43.5 Å². The van der Waals surface area contributed by atoms with E-state index in [4.69, 9.17) is 18.9 Å². The van der Waals surface area contributed by atoms with Crippen LogP contribution < -0.4 is 14.2 Å². The predicted octanol–water partition coefficient (Wildman–Crippen LogP) is 3.30. The van der Waals surface area contributed by atoms with Crippen molar-refractivity contribution in [2.24, 2.45) is 0 Å². The second kappa shape index (κ2) is 8.89. The lowest BCUT2D eigenvalue weighted by molar-refractivity contribution is -0.136. The standard InChI is InChI=1S/C21H20O6/c1-24-17-7-3-15(4-8-17)5-10-21(23)27-14-18(22)16-6-9-19-20(13-16)26-12-2-11-25-19/h3-10,13H,2,11-12,14H2,1H3/b10-5+. The fourth-order valence-corrected chi connectivity index (χ4v) is 2.48. The Morgan fingerprint density at radius 3 is 2.52 bits per heavy atom. The first kappa shape index (κ1) is 18.5. The number of carbonyl (C=O) groups excluding carboxylic acids is 2. The molecule has 0 aromatic heterocycles. The van der Waals surface area contributed by atoms with Gasteiger partial charge in [-0.1, -0.05) is 12.1 Å². The molecule has 2 aromatic rings. The van der Waals surface area contributed by atoms with Crippen LogP contribution in [0.15, 0.2) is 48.5 Å². The van der Waals surface area contributed by atoms with Gasteiger partial charge in [0, 0.05) is 18.1 Å². The Balaban J connectivity index is 1.54. The number of benzene rings is 2. The smallest absolute Gasteiger partial charge is 0.331 e. The van der Waals surface area contributed by atoms with Gasteiger partial charge in [-0.05, 0) is 42.0 Å². The van der Waals surface area contributed by atoms with Gasteiger partial charge in [-0.25, -0.2) is 4.79 Å². The average Bonchev–Trinajstić information content (AvgIpc) is 2.95. The lowest BCUT2D eigenvalue weighted by atomic mass is 10.1. The Hall–Kier alpha value is -3.28. The first-order valence-corrected chi connectivity index (χ1v) is 8.57. The molecule has 0 amide bonds. The highest BCUT2D eigenvalue weighted by Crippen LogP contribution is 2.30. The zero-order chi connectivity index (χ0) is 19.1. The van der Waals surface area contributed by atoms with Crippen LogP contribution in [0.5, 0.6) is 17.2 Å². The Morgan fingerprint density at radius 1 is 1.04 bits per heavy atom. The number of carbonyl (C=O) groups is 2. The molecule has 1 aliphatic rings. The van der Waals surface area contributed by atoms with E-state index in [2.05, 4.69) is 0 Å². The highest BCUT2D eigenvalue weighted by atomic mass is 16.5. The molecule has 27 heavy (non-hydrogen) atoms. The predicted molar refractivity (Wildman–Crippen MR) is 99.4 cm³/mol. The Labute approximate surface area is 157 Å². The zero-order valence-corrected chi connectivity index (χ0v) is 15.0. The molecule has 1 heterocycles. The van der Waals surface area contributed by atoms with Gasteiger partial charge >= 0.3 is 5.97 Å². The largest absolute Gasteiger partial charge is 0.497 e. The molecule has 3 rings (SSSR count). The van der Waals surface area contributed by atoms with Gasteiger partial charge in [-0.15, -0.1) is 0 Å². The van der Waals surface area contributed by atoms with Crippen LogP contribution in [0.3, 0.4) is 0 Å². The van der Waals surface area contributed by atoms with Gasteiger partial charge in [0.1, 0.15) is 5.75 Å². The topological polar surface area (TPSA) is 71.1 Å². The molecule has 2 aromatic carbocycles. The fourth-order valence-electron chi connectivity index (χ4n) is 2.48. The molecule has 0 unspecified atom stereocenters. The van der Waals surface area contributed by atoms with Crippen molar-refractivity contribution in [3.05, 3.63) is 59.7 Å². The third-order valence-corrected chi connectivity index (χ3v) is 3.94. The van der Waals surface area contributed by atoms with Crippen LogP contribution in [0.25, 0.3) is 6.08 Å². The van der Waals surface area contributed by atoms with Crippen LogP contribution in [0, 0.1) is 0 Å². The van der Waals surface area contributed by atoms with Gasteiger partial charge in [0.15, 0.2) is 23.9 Å². The Bertz CT molecular complexity index is 838. The van der Waals surface area contributed by atoms with Crippen molar-refractivity contribution in [1.29, 1.82) is 0 Å². The highest BCUT2D eigenvalue weighted by molar-refractivity contribution is 5.99. The van der Waals surface area contributed by atoms with Crippen molar-refractivity contribution in [3.63, 3.8) is 0 Å². The average molecular weight is 368 g/mol. The summed E-state index contributed by atoms with van der Waals surface area (Å²) >= 11 is 0. The minimum atomic E-state index is -0.589. The zero-order valence-electron chi connectivity index (χ0n) is 15.0. The summed E-state index contributed by atoms with van der Waals surface area (Å²) < 4.78 is 21.2. The lowest BCUT2D eigenvalue weighted by Gasteiger charge is -2.08. The van der Waals surface area contributed by atoms with Crippen LogP contribution in [0.2, 0.25) is 0 Å². The molecule has 0 radical (unpaired) electrons. The molecule has 0 bridgehead atoms. The van der Waals surface area contributed by atoms with Crippen LogP contribution in [0.4, 0.5) is 0 Å². The van der Waals surface area contributed by atoms with Gasteiger partial charge in [-0.3, -0.25) is 4.79 Å². The summed E-state index contributed by atoms with van der Waals surface area (Å²) in [4.78, 5) is 24.1. The van der Waals surface area contributed by atoms with Crippen molar-refractivity contribution >= 4 is 17.8 Å². The Kier molecular flexibility index (Phi) is 6.10. The summed E-state index contributed by atoms with van der Waals surface area (Å²) in [7, 11) is 1.59. The maximum absolute atomic E-state index is 12.3. The van der Waals surface area contributed by atoms with Crippen molar-refractivity contribution in [3.8, 4) is 17.2 Å². The molecule has 6 heteroatoms. The van der Waals surface area contributed by atoms with Gasteiger partial charge in [-0.2, -0.15) is 0 Å². The van der Waals surface area contributed by atoms with E-state index < -0.39 is 5.97 Å². The van der Waals surface area contributed by atoms with Crippen LogP contribution in [-0.2, 0) is 9.53 Å². The molecule has 140 valence electrons. The SMILES string of the molecule is COc1ccc(/C=C/C(=O)OCC(=O)c2ccc3c(c2)OCCCO3)cc1. The fraction of sp³-hybridized carbons (Fsp3) is 0.238. The Morgan fingerprint density at radius 2 is 1.78 bits per heavy atom. The molecule has 0 aliphatic carbocycles. The summed E-state index contributed by atoms with van der Waals surface area (Å²) in [5.74, 6) is 0.980. The van der Waals surface area contributed by atoms with Crippen LogP contribution >= 0.6 is 0 Å². The molecule has 0 fully saturated rings. The molecule has 1 aliphatic heterocycles. The highest BCUT2D eigenvalue weighted by Gasteiger charge is 2.15. The van der Waals surface area contributed by atoms with Gasteiger partial charge in [0.05, 0.1) is 20.3 Å². The number of methoxy groups -OCH3 is 1. The van der Waals surface area contributed by atoms with E-state index in [-0.39, 0.29) is 12.4 Å². The third kappa shape index (κ3) is 5.10. The number of Topliss-reactive ketones (excluding diaryl/α,β-unsaturated/α-hetero) is 1. The maximum Gasteiger partial charge on any atom is 0.331 e. The van der Waals surface area contributed by atoms with Crippen molar-refractivity contribution in [2.45, 2.75) is 6.42 Å². The molecule has 6 nitrogen and oxygen atoms in total. The van der Waals surface area contributed by atoms with Crippen molar-refractivity contribution in [2.75, 3.05) is 26.9 Å². The number of hydrogen-bond donors (Lipinski definition) is 0. The minimum absolute atomic E-state index is 0.308. The molecular weight excluding hydrogens is 348 g/mol. The minimum Gasteiger partial charge on any atom is -0.497 e. The summed E-state index contributed by atoms with van der Waals surface area (Å²) in [6.45, 7) is 0.777. The molecule has 0 saturated heterocycles. The first-order valence-electron chi connectivity index (χ1n) is 8.57. The first-order chi connectivity index (χ1) is 13.2. The number of hydrogen-bond acceptors (Lipinski definition) is 6. The number of ether oxygens (including phenoxy) is 4. The second-order valence-corrected chi connectivity index (χ2v) is 5.85. The van der Waals surface area contributed by atoms with Gasteiger partial charge < -0.3 is 18.9 Å². The summed E-state index contributed by atoms with van der Waals surface area (Å²) in [6.07, 6.45) is 3.68. The normalized spacial score (nSPS) is 13.1. The van der Waals surface area contributed by atoms with Gasteiger partial charge in [0.25, 0.3) is 0 Å². The number of ketones is 1.